The van der Waals surface area contributed by atoms with E-state index in [9.17, 15) is 19.2 Å². The first-order valence-electron chi connectivity index (χ1n) is 11.9. The molecule has 2 heterocycles. The summed E-state index contributed by atoms with van der Waals surface area (Å²) in [5.41, 5.74) is -0.214. The van der Waals surface area contributed by atoms with Gasteiger partial charge in [0.2, 0.25) is 5.91 Å². The van der Waals surface area contributed by atoms with Gasteiger partial charge in [-0.15, -0.1) is 0 Å². The van der Waals surface area contributed by atoms with E-state index < -0.39 is 23.8 Å². The molecule has 0 radical (unpaired) electrons. The van der Waals surface area contributed by atoms with E-state index in [0.29, 0.717) is 47.8 Å². The highest BCUT2D eigenvalue weighted by Crippen LogP contribution is 2.39. The summed E-state index contributed by atoms with van der Waals surface area (Å²) in [5.74, 6) is -1.40. The molecule has 4 aliphatic rings. The first-order chi connectivity index (χ1) is 17.1. The first kappa shape index (κ1) is 24.7. The summed E-state index contributed by atoms with van der Waals surface area (Å²) in [7, 11) is 1.36. The van der Waals surface area contributed by atoms with Crippen molar-refractivity contribution in [3.63, 3.8) is 0 Å². The summed E-state index contributed by atoms with van der Waals surface area (Å²) in [4.78, 5) is 54.4. The molecular weight excluding hydrogens is 509 g/mol. The summed E-state index contributed by atoms with van der Waals surface area (Å²) in [6.45, 7) is 1.72. The van der Waals surface area contributed by atoms with E-state index in [2.05, 4.69) is 16.0 Å². The molecule has 1 saturated heterocycles. The molecule has 12 heteroatoms. The first-order valence-corrected chi connectivity index (χ1v) is 12.6. The SMILES string of the molecule is COC(=O)[C@H]1CC[C@@H](NC(=O)C2(NC(=O)C3=CNC4N(c5cc(Cl)cc(Cl)c5)C(=O)[C@H](C)N34)CC2)C1. The minimum absolute atomic E-state index is 0.137. The van der Waals surface area contributed by atoms with Gasteiger partial charge >= 0.3 is 5.97 Å². The molecule has 4 atom stereocenters. The van der Waals surface area contributed by atoms with E-state index in [0.717, 1.165) is 0 Å². The Balaban J connectivity index is 1.25. The van der Waals surface area contributed by atoms with E-state index >= 15 is 0 Å². The van der Waals surface area contributed by atoms with Gasteiger partial charge in [-0.1, -0.05) is 23.2 Å². The van der Waals surface area contributed by atoms with E-state index in [1.54, 1.807) is 36.2 Å². The van der Waals surface area contributed by atoms with Crippen LogP contribution in [0.5, 0.6) is 0 Å². The topological polar surface area (TPSA) is 120 Å². The second-order valence-corrected chi connectivity index (χ2v) is 10.6. The van der Waals surface area contributed by atoms with Gasteiger partial charge in [0.05, 0.1) is 18.7 Å². The van der Waals surface area contributed by atoms with E-state index in [1.807, 2.05) is 0 Å². The third kappa shape index (κ3) is 4.26. The summed E-state index contributed by atoms with van der Waals surface area (Å²) >= 11 is 12.3. The van der Waals surface area contributed by atoms with Crippen LogP contribution in [0.3, 0.4) is 0 Å². The number of nitrogens with one attached hydrogen (secondary N) is 3. The maximum Gasteiger partial charge on any atom is 0.308 e. The van der Waals surface area contributed by atoms with Crippen LogP contribution in [-0.2, 0) is 23.9 Å². The number of hydrogen-bond acceptors (Lipinski definition) is 7. The van der Waals surface area contributed by atoms with E-state index in [-0.39, 0.29) is 35.4 Å². The van der Waals surface area contributed by atoms with Crippen molar-refractivity contribution in [2.45, 2.75) is 62.9 Å². The van der Waals surface area contributed by atoms with Crippen LogP contribution in [0, 0.1) is 5.92 Å². The van der Waals surface area contributed by atoms with Gasteiger partial charge in [0.1, 0.15) is 17.3 Å². The smallest absolute Gasteiger partial charge is 0.308 e. The Kier molecular flexibility index (Phi) is 6.28. The highest BCUT2D eigenvalue weighted by Gasteiger charge is 2.55. The minimum atomic E-state index is -0.994. The zero-order valence-electron chi connectivity index (χ0n) is 19.8. The van der Waals surface area contributed by atoms with E-state index in [1.165, 1.54) is 12.0 Å². The monoisotopic (exact) mass is 535 g/mol. The molecule has 2 aliphatic heterocycles. The van der Waals surface area contributed by atoms with Crippen LogP contribution in [0.15, 0.2) is 30.1 Å². The molecule has 1 aromatic carbocycles. The average molecular weight is 536 g/mol. The van der Waals surface area contributed by atoms with E-state index in [4.69, 9.17) is 27.9 Å². The third-order valence-electron chi connectivity index (χ3n) is 7.37. The van der Waals surface area contributed by atoms with Gasteiger partial charge in [0, 0.05) is 22.3 Å². The Labute approximate surface area is 218 Å². The number of nitrogens with zero attached hydrogens (tertiary/aromatic N) is 2. The van der Waals surface area contributed by atoms with Crippen molar-refractivity contribution in [1.82, 2.24) is 20.9 Å². The predicted molar refractivity (Wildman–Crippen MR) is 132 cm³/mol. The molecule has 1 unspecified atom stereocenters. The predicted octanol–water partition coefficient (Wildman–Crippen LogP) is 1.87. The normalized spacial score (nSPS) is 27.8. The standard InChI is InChI=1S/C24H27Cl2N5O5/c1-12-20(33)31(17-9-14(25)8-15(26)10-17)23-27-11-18(30(12)23)19(32)29-24(5-6-24)22(35)28-16-4-3-13(7-16)21(34)36-2/h8-13,16,23,27H,3-7H2,1-2H3,(H,28,35)(H,29,32)/t12-,13-,16+,23?/m0/s1. The number of halogens is 2. The highest BCUT2D eigenvalue weighted by molar-refractivity contribution is 6.35. The molecule has 3 fully saturated rings. The molecule has 10 nitrogen and oxygen atoms in total. The number of carbonyl (C=O) groups excluding carboxylic acids is 4. The lowest BCUT2D eigenvalue weighted by Crippen LogP contribution is -2.53. The van der Waals surface area contributed by atoms with Crippen molar-refractivity contribution in [2.24, 2.45) is 5.92 Å². The molecule has 0 aromatic heterocycles. The quantitative estimate of drug-likeness (QED) is 0.475. The Hall–Kier alpha value is -2.98. The molecule has 2 aliphatic carbocycles. The van der Waals surface area contributed by atoms with Gasteiger partial charge in [-0.2, -0.15) is 0 Å². The van der Waals surface area contributed by atoms with Crippen molar-refractivity contribution in [2.75, 3.05) is 12.0 Å². The number of fused-ring (bicyclic) bond motifs is 1. The second-order valence-electron chi connectivity index (χ2n) is 9.73. The summed E-state index contributed by atoms with van der Waals surface area (Å²) in [6, 6.07) is 4.09. The fraction of sp³-hybridized carbons (Fsp3) is 0.500. The van der Waals surface area contributed by atoms with Crippen LogP contribution in [0.25, 0.3) is 0 Å². The fourth-order valence-corrected chi connectivity index (χ4v) is 5.78. The van der Waals surface area contributed by atoms with Crippen LogP contribution < -0.4 is 20.9 Å². The number of hydrogen-bond donors (Lipinski definition) is 3. The van der Waals surface area contributed by atoms with Crippen molar-refractivity contribution in [3.8, 4) is 0 Å². The maximum atomic E-state index is 13.3. The van der Waals surface area contributed by atoms with Crippen molar-refractivity contribution in [3.05, 3.63) is 40.1 Å². The maximum absolute atomic E-state index is 13.3. The van der Waals surface area contributed by atoms with Gasteiger partial charge in [-0.3, -0.25) is 24.1 Å². The number of amides is 3. The van der Waals surface area contributed by atoms with Crippen molar-refractivity contribution in [1.29, 1.82) is 0 Å². The number of methoxy groups -OCH3 is 1. The number of rotatable bonds is 6. The van der Waals surface area contributed by atoms with Crippen molar-refractivity contribution < 1.29 is 23.9 Å². The van der Waals surface area contributed by atoms with Crippen LogP contribution in [-0.4, -0.2) is 59.6 Å². The Morgan fingerprint density at radius 2 is 1.83 bits per heavy atom. The number of carbonyl (C=O) groups is 4. The van der Waals surface area contributed by atoms with Gasteiger partial charge < -0.3 is 25.6 Å². The Bertz CT molecular complexity index is 1150. The molecule has 0 spiro atoms. The molecule has 1 aromatic rings. The molecule has 3 amide bonds. The number of ether oxygens (including phenoxy) is 1. The lowest BCUT2D eigenvalue weighted by molar-refractivity contribution is -0.145. The molecule has 5 rings (SSSR count). The molecular formula is C24H27Cl2N5O5. The molecule has 2 saturated carbocycles. The molecule has 0 bridgehead atoms. The summed E-state index contributed by atoms with van der Waals surface area (Å²) < 4.78 is 4.81. The summed E-state index contributed by atoms with van der Waals surface area (Å²) in [6.07, 6.45) is 3.83. The molecule has 3 N–H and O–H groups in total. The number of benzene rings is 1. The van der Waals surface area contributed by atoms with Gasteiger partial charge in [-0.25, -0.2) is 0 Å². The molecule has 36 heavy (non-hydrogen) atoms. The fourth-order valence-electron chi connectivity index (χ4n) is 5.26. The van der Waals surface area contributed by atoms with Crippen LogP contribution >= 0.6 is 23.2 Å². The number of anilines is 1. The largest absolute Gasteiger partial charge is 0.469 e. The zero-order valence-corrected chi connectivity index (χ0v) is 21.4. The minimum Gasteiger partial charge on any atom is -0.469 e. The van der Waals surface area contributed by atoms with Crippen LogP contribution in [0.1, 0.15) is 39.0 Å². The lowest BCUT2D eigenvalue weighted by Gasteiger charge is -2.28. The zero-order chi connectivity index (χ0) is 25.8. The summed E-state index contributed by atoms with van der Waals surface area (Å²) in [5, 5.41) is 9.75. The van der Waals surface area contributed by atoms with Crippen LogP contribution in [0.4, 0.5) is 5.69 Å². The highest BCUT2D eigenvalue weighted by atomic mass is 35.5. The van der Waals surface area contributed by atoms with Crippen LogP contribution in [0.2, 0.25) is 10.0 Å². The number of esters is 1. The Morgan fingerprint density at radius 1 is 1.14 bits per heavy atom. The lowest BCUT2D eigenvalue weighted by atomic mass is 10.1. The van der Waals surface area contributed by atoms with Gasteiger partial charge in [0.15, 0.2) is 6.29 Å². The van der Waals surface area contributed by atoms with Gasteiger partial charge in [-0.05, 0) is 57.2 Å². The average Bonchev–Trinajstić information content (AvgIpc) is 3.15. The van der Waals surface area contributed by atoms with Crippen molar-refractivity contribution >= 4 is 52.6 Å². The van der Waals surface area contributed by atoms with Gasteiger partial charge in [0.25, 0.3) is 11.8 Å². The third-order valence-corrected chi connectivity index (χ3v) is 7.80. The second kappa shape index (κ2) is 9.15. The molecule has 192 valence electrons. The Morgan fingerprint density at radius 3 is 2.47 bits per heavy atom.